The summed E-state index contributed by atoms with van der Waals surface area (Å²) in [5.74, 6) is -1.55. The molecule has 0 saturated heterocycles. The van der Waals surface area contributed by atoms with Gasteiger partial charge in [-0.1, -0.05) is 6.08 Å². The maximum Gasteiger partial charge on any atom is 0.152 e. The standard InChI is InChI=1S/C10H7BrF2O/c1-6(14)2-3-7-4-8(12)10(11)9(13)5-7/h2-5H,1H3/b3-2+. The van der Waals surface area contributed by atoms with Gasteiger partial charge in [-0.2, -0.15) is 0 Å². The maximum atomic E-state index is 13.0. The van der Waals surface area contributed by atoms with Crippen molar-refractivity contribution in [3.05, 3.63) is 39.9 Å². The molecular formula is C10H7BrF2O. The highest BCUT2D eigenvalue weighted by molar-refractivity contribution is 9.10. The number of hydrogen-bond donors (Lipinski definition) is 0. The van der Waals surface area contributed by atoms with Gasteiger partial charge in [-0.3, -0.25) is 4.79 Å². The van der Waals surface area contributed by atoms with Gasteiger partial charge in [0.2, 0.25) is 0 Å². The van der Waals surface area contributed by atoms with Crippen LogP contribution in [0.3, 0.4) is 0 Å². The van der Waals surface area contributed by atoms with E-state index in [1.54, 1.807) is 0 Å². The SMILES string of the molecule is CC(=O)/C=C/c1cc(F)c(Br)c(F)c1. The van der Waals surface area contributed by atoms with Gasteiger partial charge in [-0.25, -0.2) is 8.78 Å². The molecule has 0 aliphatic heterocycles. The van der Waals surface area contributed by atoms with E-state index in [-0.39, 0.29) is 10.3 Å². The molecule has 0 bridgehead atoms. The minimum absolute atomic E-state index is 0.172. The van der Waals surface area contributed by atoms with Crippen LogP contribution in [0.2, 0.25) is 0 Å². The van der Waals surface area contributed by atoms with E-state index >= 15 is 0 Å². The number of allylic oxidation sites excluding steroid dienone is 1. The molecule has 0 unspecified atom stereocenters. The van der Waals surface area contributed by atoms with E-state index < -0.39 is 11.6 Å². The summed E-state index contributed by atoms with van der Waals surface area (Å²) < 4.78 is 25.7. The zero-order valence-corrected chi connectivity index (χ0v) is 8.94. The summed E-state index contributed by atoms with van der Waals surface area (Å²) in [6, 6.07) is 2.29. The summed E-state index contributed by atoms with van der Waals surface area (Å²) in [5, 5.41) is 0. The minimum Gasteiger partial charge on any atom is -0.295 e. The molecule has 0 atom stereocenters. The summed E-state index contributed by atoms with van der Waals surface area (Å²) in [5.41, 5.74) is 0.318. The second kappa shape index (κ2) is 4.46. The highest BCUT2D eigenvalue weighted by Crippen LogP contribution is 2.21. The Labute approximate surface area is 88.6 Å². The Balaban J connectivity index is 3.07. The van der Waals surface area contributed by atoms with Crippen molar-refractivity contribution in [2.24, 2.45) is 0 Å². The molecule has 1 aromatic carbocycles. The molecule has 74 valence electrons. The van der Waals surface area contributed by atoms with Gasteiger partial charge in [0.1, 0.15) is 11.6 Å². The largest absolute Gasteiger partial charge is 0.295 e. The molecule has 0 amide bonds. The first-order valence-electron chi connectivity index (χ1n) is 3.84. The molecule has 0 radical (unpaired) electrons. The molecule has 1 rings (SSSR count). The highest BCUT2D eigenvalue weighted by Gasteiger charge is 2.06. The van der Waals surface area contributed by atoms with Gasteiger partial charge < -0.3 is 0 Å². The average Bonchev–Trinajstić information content (AvgIpc) is 2.10. The third-order valence-corrected chi connectivity index (χ3v) is 2.27. The highest BCUT2D eigenvalue weighted by atomic mass is 79.9. The second-order valence-electron chi connectivity index (χ2n) is 2.74. The van der Waals surface area contributed by atoms with Crippen LogP contribution in [0.5, 0.6) is 0 Å². The van der Waals surface area contributed by atoms with Crippen molar-refractivity contribution in [2.45, 2.75) is 6.92 Å². The monoisotopic (exact) mass is 260 g/mol. The molecule has 14 heavy (non-hydrogen) atoms. The lowest BCUT2D eigenvalue weighted by atomic mass is 10.2. The molecular weight excluding hydrogens is 254 g/mol. The molecule has 0 N–H and O–H groups in total. The summed E-state index contributed by atoms with van der Waals surface area (Å²) >= 11 is 2.75. The Bertz CT molecular complexity index is 376. The normalized spacial score (nSPS) is 10.9. The van der Waals surface area contributed by atoms with Crippen LogP contribution in [-0.2, 0) is 4.79 Å². The van der Waals surface area contributed by atoms with E-state index in [1.165, 1.54) is 19.1 Å². The Morgan fingerprint density at radius 3 is 2.29 bits per heavy atom. The lowest BCUT2D eigenvalue weighted by Gasteiger charge is -1.98. The van der Waals surface area contributed by atoms with Crippen molar-refractivity contribution in [3.63, 3.8) is 0 Å². The Hall–Kier alpha value is -1.03. The van der Waals surface area contributed by atoms with E-state index in [1.807, 2.05) is 0 Å². The summed E-state index contributed by atoms with van der Waals surface area (Å²) in [7, 11) is 0. The van der Waals surface area contributed by atoms with Crippen molar-refractivity contribution in [3.8, 4) is 0 Å². The van der Waals surface area contributed by atoms with Crippen molar-refractivity contribution >= 4 is 27.8 Å². The fourth-order valence-corrected chi connectivity index (χ4v) is 1.11. The number of carbonyl (C=O) groups excluding carboxylic acids is 1. The van der Waals surface area contributed by atoms with Crippen molar-refractivity contribution in [1.82, 2.24) is 0 Å². The molecule has 1 aromatic rings. The van der Waals surface area contributed by atoms with Gasteiger partial charge in [-0.15, -0.1) is 0 Å². The van der Waals surface area contributed by atoms with E-state index in [0.717, 1.165) is 12.1 Å². The third-order valence-electron chi connectivity index (χ3n) is 1.52. The van der Waals surface area contributed by atoms with Gasteiger partial charge in [0.05, 0.1) is 4.47 Å². The fraction of sp³-hybridized carbons (Fsp3) is 0.100. The topological polar surface area (TPSA) is 17.1 Å². The molecule has 0 aliphatic rings. The van der Waals surface area contributed by atoms with Crippen LogP contribution in [0.4, 0.5) is 8.78 Å². The van der Waals surface area contributed by atoms with Crippen LogP contribution >= 0.6 is 15.9 Å². The third kappa shape index (κ3) is 2.73. The minimum atomic E-state index is -0.687. The Morgan fingerprint density at radius 2 is 1.86 bits per heavy atom. The zero-order valence-electron chi connectivity index (χ0n) is 7.35. The lowest BCUT2D eigenvalue weighted by molar-refractivity contribution is -0.112. The first-order chi connectivity index (χ1) is 6.50. The average molecular weight is 261 g/mol. The zero-order chi connectivity index (χ0) is 10.7. The number of halogens is 3. The number of carbonyl (C=O) groups is 1. The van der Waals surface area contributed by atoms with E-state index in [9.17, 15) is 13.6 Å². The van der Waals surface area contributed by atoms with Crippen molar-refractivity contribution in [1.29, 1.82) is 0 Å². The Kier molecular flexibility index (Phi) is 3.52. The van der Waals surface area contributed by atoms with Gasteiger partial charge in [0.25, 0.3) is 0 Å². The van der Waals surface area contributed by atoms with E-state index in [2.05, 4.69) is 15.9 Å². The maximum absolute atomic E-state index is 13.0. The molecule has 1 nitrogen and oxygen atoms in total. The van der Waals surface area contributed by atoms with Crippen LogP contribution in [0.25, 0.3) is 6.08 Å². The van der Waals surface area contributed by atoms with Gasteiger partial charge in [0, 0.05) is 0 Å². The molecule has 0 spiro atoms. The molecule has 4 heteroatoms. The molecule has 0 aliphatic carbocycles. The summed E-state index contributed by atoms with van der Waals surface area (Å²) in [4.78, 5) is 10.6. The molecule has 0 aromatic heterocycles. The number of hydrogen-bond acceptors (Lipinski definition) is 1. The Morgan fingerprint density at radius 1 is 1.36 bits per heavy atom. The number of ketones is 1. The second-order valence-corrected chi connectivity index (χ2v) is 3.54. The first kappa shape index (κ1) is 11.0. The van der Waals surface area contributed by atoms with E-state index in [4.69, 9.17) is 0 Å². The predicted octanol–water partition coefficient (Wildman–Crippen LogP) is 3.33. The first-order valence-corrected chi connectivity index (χ1v) is 4.63. The number of benzene rings is 1. The van der Waals surface area contributed by atoms with Crippen LogP contribution in [0.15, 0.2) is 22.7 Å². The van der Waals surface area contributed by atoms with Crippen LogP contribution in [0, 0.1) is 11.6 Å². The van der Waals surface area contributed by atoms with Crippen molar-refractivity contribution in [2.75, 3.05) is 0 Å². The van der Waals surface area contributed by atoms with Gasteiger partial charge in [-0.05, 0) is 46.6 Å². The molecule has 0 fully saturated rings. The molecule has 0 saturated carbocycles. The summed E-state index contributed by atoms with van der Waals surface area (Å²) in [6.45, 7) is 1.36. The van der Waals surface area contributed by atoms with Crippen molar-refractivity contribution < 1.29 is 13.6 Å². The lowest BCUT2D eigenvalue weighted by Crippen LogP contribution is -1.87. The van der Waals surface area contributed by atoms with Crippen LogP contribution < -0.4 is 0 Å². The predicted molar refractivity (Wildman–Crippen MR) is 53.8 cm³/mol. The molecule has 0 heterocycles. The van der Waals surface area contributed by atoms with Crippen LogP contribution in [-0.4, -0.2) is 5.78 Å². The fourth-order valence-electron chi connectivity index (χ4n) is 0.885. The summed E-state index contributed by atoms with van der Waals surface area (Å²) in [6.07, 6.45) is 2.61. The van der Waals surface area contributed by atoms with Gasteiger partial charge in [0.15, 0.2) is 5.78 Å². The van der Waals surface area contributed by atoms with Crippen LogP contribution in [0.1, 0.15) is 12.5 Å². The quantitative estimate of drug-likeness (QED) is 0.589. The number of rotatable bonds is 2. The van der Waals surface area contributed by atoms with Gasteiger partial charge >= 0.3 is 0 Å². The van der Waals surface area contributed by atoms with E-state index in [0.29, 0.717) is 5.56 Å². The smallest absolute Gasteiger partial charge is 0.152 e.